The van der Waals surface area contributed by atoms with Crippen LogP contribution in [0.5, 0.6) is 11.5 Å². The SMILES string of the molecule is CCOC(=O)CC(Cl)Cc1ccc2c(c1)OCCO2. The van der Waals surface area contributed by atoms with Gasteiger partial charge in [0.2, 0.25) is 0 Å². The summed E-state index contributed by atoms with van der Waals surface area (Å²) in [4.78, 5) is 11.3. The minimum Gasteiger partial charge on any atom is -0.486 e. The van der Waals surface area contributed by atoms with E-state index in [0.717, 1.165) is 17.1 Å². The average molecular weight is 285 g/mol. The van der Waals surface area contributed by atoms with Crippen LogP contribution in [0.1, 0.15) is 18.9 Å². The molecule has 1 aromatic rings. The zero-order valence-corrected chi connectivity index (χ0v) is 11.6. The monoisotopic (exact) mass is 284 g/mol. The van der Waals surface area contributed by atoms with Gasteiger partial charge in [0, 0.05) is 5.38 Å². The van der Waals surface area contributed by atoms with E-state index in [9.17, 15) is 4.79 Å². The number of alkyl halides is 1. The topological polar surface area (TPSA) is 44.8 Å². The van der Waals surface area contributed by atoms with Gasteiger partial charge in [-0.05, 0) is 31.0 Å². The standard InChI is InChI=1S/C14H17ClO4/c1-2-17-14(16)9-11(15)7-10-3-4-12-13(8-10)19-6-5-18-12/h3-4,8,11H,2,5-7,9H2,1H3. The Hall–Kier alpha value is -1.42. The summed E-state index contributed by atoms with van der Waals surface area (Å²) in [6.45, 7) is 3.30. The summed E-state index contributed by atoms with van der Waals surface area (Å²) in [5.74, 6) is 1.23. The minimum absolute atomic E-state index is 0.212. The highest BCUT2D eigenvalue weighted by Crippen LogP contribution is 2.31. The van der Waals surface area contributed by atoms with Crippen molar-refractivity contribution in [3.05, 3.63) is 23.8 Å². The predicted octanol–water partition coefficient (Wildman–Crippen LogP) is 2.56. The first-order chi connectivity index (χ1) is 9.19. The molecule has 1 aliphatic heterocycles. The van der Waals surface area contributed by atoms with Crippen LogP contribution in [0.3, 0.4) is 0 Å². The van der Waals surface area contributed by atoms with Crippen LogP contribution in [0.2, 0.25) is 0 Å². The van der Waals surface area contributed by atoms with Gasteiger partial charge in [0.05, 0.1) is 13.0 Å². The molecular formula is C14H17ClO4. The lowest BCUT2D eigenvalue weighted by Crippen LogP contribution is -2.16. The van der Waals surface area contributed by atoms with E-state index in [1.807, 2.05) is 18.2 Å². The van der Waals surface area contributed by atoms with E-state index in [-0.39, 0.29) is 17.8 Å². The lowest BCUT2D eigenvalue weighted by molar-refractivity contribution is -0.143. The highest BCUT2D eigenvalue weighted by atomic mass is 35.5. The van der Waals surface area contributed by atoms with Gasteiger partial charge in [0.1, 0.15) is 13.2 Å². The molecule has 1 atom stereocenters. The summed E-state index contributed by atoms with van der Waals surface area (Å²) in [5.41, 5.74) is 1.02. The molecule has 1 aromatic carbocycles. The summed E-state index contributed by atoms with van der Waals surface area (Å²) in [6, 6.07) is 5.72. The fraction of sp³-hybridized carbons (Fsp3) is 0.500. The number of halogens is 1. The van der Waals surface area contributed by atoms with Gasteiger partial charge in [-0.3, -0.25) is 4.79 Å². The number of carbonyl (C=O) groups is 1. The maximum absolute atomic E-state index is 11.3. The molecule has 4 nitrogen and oxygen atoms in total. The van der Waals surface area contributed by atoms with Crippen LogP contribution >= 0.6 is 11.6 Å². The highest BCUT2D eigenvalue weighted by Gasteiger charge is 2.16. The Morgan fingerprint density at radius 2 is 2.11 bits per heavy atom. The fourth-order valence-electron chi connectivity index (χ4n) is 1.94. The first-order valence-electron chi connectivity index (χ1n) is 6.37. The lowest BCUT2D eigenvalue weighted by atomic mass is 10.1. The molecule has 19 heavy (non-hydrogen) atoms. The molecule has 0 fully saturated rings. The van der Waals surface area contributed by atoms with Crippen LogP contribution < -0.4 is 9.47 Å². The summed E-state index contributed by atoms with van der Waals surface area (Å²) < 4.78 is 15.8. The third-order valence-corrected chi connectivity index (χ3v) is 3.07. The number of ether oxygens (including phenoxy) is 3. The Morgan fingerprint density at radius 1 is 1.37 bits per heavy atom. The van der Waals surface area contributed by atoms with Crippen LogP contribution in [-0.4, -0.2) is 31.2 Å². The summed E-state index contributed by atoms with van der Waals surface area (Å²) >= 11 is 6.16. The van der Waals surface area contributed by atoms with Crippen molar-refractivity contribution in [1.29, 1.82) is 0 Å². The third-order valence-electron chi connectivity index (χ3n) is 2.76. The van der Waals surface area contributed by atoms with Crippen LogP contribution in [0.25, 0.3) is 0 Å². The lowest BCUT2D eigenvalue weighted by Gasteiger charge is -2.19. The van der Waals surface area contributed by atoms with Crippen molar-refractivity contribution in [3.63, 3.8) is 0 Å². The zero-order valence-electron chi connectivity index (χ0n) is 10.9. The molecule has 0 radical (unpaired) electrons. The Labute approximate surface area is 117 Å². The fourth-order valence-corrected chi connectivity index (χ4v) is 2.25. The Balaban J connectivity index is 1.93. The van der Waals surface area contributed by atoms with E-state index in [1.165, 1.54) is 0 Å². The molecule has 5 heteroatoms. The van der Waals surface area contributed by atoms with E-state index >= 15 is 0 Å². The van der Waals surface area contributed by atoms with Gasteiger partial charge in [-0.15, -0.1) is 11.6 Å². The molecular weight excluding hydrogens is 268 g/mol. The largest absolute Gasteiger partial charge is 0.486 e. The molecule has 0 saturated carbocycles. The number of benzene rings is 1. The molecule has 0 aromatic heterocycles. The maximum Gasteiger partial charge on any atom is 0.307 e. The molecule has 0 aliphatic carbocycles. The van der Waals surface area contributed by atoms with Crippen molar-refractivity contribution in [1.82, 2.24) is 0 Å². The van der Waals surface area contributed by atoms with Gasteiger partial charge < -0.3 is 14.2 Å². The third kappa shape index (κ3) is 4.03. The molecule has 1 aliphatic rings. The second-order valence-electron chi connectivity index (χ2n) is 4.29. The van der Waals surface area contributed by atoms with Crippen molar-refractivity contribution >= 4 is 17.6 Å². The molecule has 0 bridgehead atoms. The van der Waals surface area contributed by atoms with Crippen molar-refractivity contribution in [2.75, 3.05) is 19.8 Å². The average Bonchev–Trinajstić information content (AvgIpc) is 2.38. The Kier molecular flexibility index (Phi) is 4.91. The zero-order chi connectivity index (χ0) is 13.7. The molecule has 1 unspecified atom stereocenters. The molecule has 104 valence electrons. The van der Waals surface area contributed by atoms with Crippen LogP contribution in [0.4, 0.5) is 0 Å². The van der Waals surface area contributed by atoms with Crippen molar-refractivity contribution in [3.8, 4) is 11.5 Å². The number of rotatable bonds is 5. The van der Waals surface area contributed by atoms with Gasteiger partial charge in [-0.25, -0.2) is 0 Å². The van der Waals surface area contributed by atoms with Gasteiger partial charge in [-0.1, -0.05) is 6.07 Å². The van der Waals surface area contributed by atoms with E-state index in [2.05, 4.69) is 0 Å². The van der Waals surface area contributed by atoms with Gasteiger partial charge in [0.25, 0.3) is 0 Å². The normalized spacial score (nSPS) is 14.8. The quantitative estimate of drug-likeness (QED) is 0.616. The molecule has 2 rings (SSSR count). The summed E-state index contributed by atoms with van der Waals surface area (Å²) in [5, 5.41) is -0.276. The maximum atomic E-state index is 11.3. The van der Waals surface area contributed by atoms with Gasteiger partial charge >= 0.3 is 5.97 Å². The van der Waals surface area contributed by atoms with Crippen molar-refractivity contribution in [2.24, 2.45) is 0 Å². The Bertz CT molecular complexity index is 447. The summed E-state index contributed by atoms with van der Waals surface area (Å²) in [6.07, 6.45) is 0.806. The van der Waals surface area contributed by atoms with E-state index in [0.29, 0.717) is 26.2 Å². The predicted molar refractivity (Wildman–Crippen MR) is 72.0 cm³/mol. The molecule has 0 spiro atoms. The number of carbonyl (C=O) groups excluding carboxylic acids is 1. The van der Waals surface area contributed by atoms with Gasteiger partial charge in [-0.2, -0.15) is 0 Å². The van der Waals surface area contributed by atoms with Crippen LogP contribution in [0, 0.1) is 0 Å². The smallest absolute Gasteiger partial charge is 0.307 e. The highest BCUT2D eigenvalue weighted by molar-refractivity contribution is 6.21. The first-order valence-corrected chi connectivity index (χ1v) is 6.81. The number of fused-ring (bicyclic) bond motifs is 1. The van der Waals surface area contributed by atoms with E-state index in [4.69, 9.17) is 25.8 Å². The Morgan fingerprint density at radius 3 is 2.84 bits per heavy atom. The molecule has 0 amide bonds. The van der Waals surface area contributed by atoms with Crippen LogP contribution in [0.15, 0.2) is 18.2 Å². The number of hydrogen-bond acceptors (Lipinski definition) is 4. The van der Waals surface area contributed by atoms with Crippen LogP contribution in [-0.2, 0) is 16.0 Å². The minimum atomic E-state index is -0.276. The number of hydrogen-bond donors (Lipinski definition) is 0. The molecule has 0 N–H and O–H groups in total. The van der Waals surface area contributed by atoms with E-state index < -0.39 is 0 Å². The van der Waals surface area contributed by atoms with Gasteiger partial charge in [0.15, 0.2) is 11.5 Å². The number of esters is 1. The first kappa shape index (κ1) is 14.0. The van der Waals surface area contributed by atoms with Crippen molar-refractivity contribution in [2.45, 2.75) is 25.1 Å². The molecule has 0 saturated heterocycles. The van der Waals surface area contributed by atoms with E-state index in [1.54, 1.807) is 6.92 Å². The molecule has 1 heterocycles. The second kappa shape index (κ2) is 6.66. The summed E-state index contributed by atoms with van der Waals surface area (Å²) in [7, 11) is 0. The van der Waals surface area contributed by atoms with Crippen molar-refractivity contribution < 1.29 is 19.0 Å². The second-order valence-corrected chi connectivity index (χ2v) is 4.91.